The maximum Gasteiger partial charge on any atom is 0.331 e. The van der Waals surface area contributed by atoms with Gasteiger partial charge in [-0.3, -0.25) is 14.5 Å². The molecular weight excluding hydrogens is 372 g/mol. The van der Waals surface area contributed by atoms with Gasteiger partial charge in [-0.25, -0.2) is 4.79 Å². The van der Waals surface area contributed by atoms with Gasteiger partial charge in [-0.05, 0) is 36.3 Å². The third kappa shape index (κ3) is 2.99. The van der Waals surface area contributed by atoms with Gasteiger partial charge in [-0.1, -0.05) is 62.4 Å². The average Bonchev–Trinajstić information content (AvgIpc) is 3.01. The summed E-state index contributed by atoms with van der Waals surface area (Å²) in [5.41, 5.74) is 7.51. The second-order valence-corrected chi connectivity index (χ2v) is 7.60. The number of aromatic nitrogens is 2. The standard InChI is InChI=1S/C25H24N4O/c1-3-28(4-2)16-17-11-13-18(14-12-17)20-8-6-10-22-23(20)26-15-19-7-5-9-21-24(19)29(22)25(30)27-21/h5-15H,3-4,16H2,1-2H3,(H,27,30). The molecule has 4 aromatic rings. The molecule has 3 aromatic carbocycles. The topological polar surface area (TPSA) is 53.4 Å². The Labute approximate surface area is 175 Å². The molecule has 0 saturated carbocycles. The highest BCUT2D eigenvalue weighted by Gasteiger charge is 2.19. The lowest BCUT2D eigenvalue weighted by molar-refractivity contribution is 0.296. The van der Waals surface area contributed by atoms with Crippen LogP contribution in [0, 0.1) is 0 Å². The van der Waals surface area contributed by atoms with Crippen molar-refractivity contribution in [3.63, 3.8) is 0 Å². The van der Waals surface area contributed by atoms with Crippen LogP contribution in [0.1, 0.15) is 25.0 Å². The summed E-state index contributed by atoms with van der Waals surface area (Å²) < 4.78 is 1.74. The van der Waals surface area contributed by atoms with Crippen molar-refractivity contribution in [2.45, 2.75) is 20.4 Å². The number of aromatic amines is 1. The van der Waals surface area contributed by atoms with Crippen LogP contribution in [-0.2, 0) is 6.54 Å². The number of hydrogen-bond donors (Lipinski definition) is 1. The highest BCUT2D eigenvalue weighted by molar-refractivity contribution is 6.02. The Morgan fingerprint density at radius 1 is 0.967 bits per heavy atom. The summed E-state index contributed by atoms with van der Waals surface area (Å²) in [5, 5.41) is 0. The van der Waals surface area contributed by atoms with Gasteiger partial charge in [0.15, 0.2) is 0 Å². The number of fused-ring (bicyclic) bond motifs is 2. The van der Waals surface area contributed by atoms with E-state index in [1.165, 1.54) is 5.56 Å². The maximum absolute atomic E-state index is 12.8. The molecule has 5 rings (SSSR count). The number of para-hydroxylation sites is 2. The molecule has 1 aromatic heterocycles. The lowest BCUT2D eigenvalue weighted by Gasteiger charge is -2.18. The molecule has 1 N–H and O–H groups in total. The zero-order valence-corrected chi connectivity index (χ0v) is 17.2. The molecule has 5 heteroatoms. The van der Waals surface area contributed by atoms with Crippen LogP contribution >= 0.6 is 0 Å². The second-order valence-electron chi connectivity index (χ2n) is 7.60. The Kier molecular flexibility index (Phi) is 4.60. The number of rotatable bonds is 5. The molecule has 1 aliphatic heterocycles. The predicted octanol–water partition coefficient (Wildman–Crippen LogP) is 4.89. The van der Waals surface area contributed by atoms with E-state index >= 15 is 0 Å². The summed E-state index contributed by atoms with van der Waals surface area (Å²) in [6.45, 7) is 7.41. The van der Waals surface area contributed by atoms with Crippen molar-refractivity contribution < 1.29 is 0 Å². The molecule has 150 valence electrons. The van der Waals surface area contributed by atoms with E-state index in [-0.39, 0.29) is 5.69 Å². The molecule has 2 heterocycles. The Bertz CT molecular complexity index is 1310. The van der Waals surface area contributed by atoms with Gasteiger partial charge in [0.2, 0.25) is 0 Å². The molecule has 0 bridgehead atoms. The van der Waals surface area contributed by atoms with Gasteiger partial charge in [0.05, 0.1) is 22.4 Å². The van der Waals surface area contributed by atoms with E-state index < -0.39 is 0 Å². The third-order valence-electron chi connectivity index (χ3n) is 5.89. The number of benzene rings is 3. The number of imidazole rings is 1. The Hall–Kier alpha value is -3.44. The van der Waals surface area contributed by atoms with Crippen LogP contribution in [-0.4, -0.2) is 33.8 Å². The number of nitrogens with one attached hydrogen (secondary N) is 1. The molecule has 0 aliphatic carbocycles. The van der Waals surface area contributed by atoms with Gasteiger partial charge in [-0.2, -0.15) is 0 Å². The normalized spacial score (nSPS) is 12.4. The van der Waals surface area contributed by atoms with E-state index in [1.807, 2.05) is 36.5 Å². The van der Waals surface area contributed by atoms with Crippen molar-refractivity contribution in [3.05, 3.63) is 82.3 Å². The predicted molar refractivity (Wildman–Crippen MR) is 123 cm³/mol. The van der Waals surface area contributed by atoms with E-state index in [1.54, 1.807) is 4.57 Å². The van der Waals surface area contributed by atoms with Crippen molar-refractivity contribution in [2.24, 2.45) is 4.99 Å². The molecule has 0 fully saturated rings. The van der Waals surface area contributed by atoms with Gasteiger partial charge in [-0.15, -0.1) is 0 Å². The van der Waals surface area contributed by atoms with E-state index in [0.29, 0.717) is 0 Å². The van der Waals surface area contributed by atoms with Crippen LogP contribution in [0.4, 0.5) is 5.69 Å². The summed E-state index contributed by atoms with van der Waals surface area (Å²) >= 11 is 0. The van der Waals surface area contributed by atoms with Crippen LogP contribution in [0.15, 0.2) is 70.5 Å². The van der Waals surface area contributed by atoms with Crippen molar-refractivity contribution in [1.29, 1.82) is 0 Å². The first-order valence-electron chi connectivity index (χ1n) is 10.4. The molecule has 0 saturated heterocycles. The number of aliphatic imine (C=N–C) groups is 1. The summed E-state index contributed by atoms with van der Waals surface area (Å²) in [6, 6.07) is 20.5. The fraction of sp³-hybridized carbons (Fsp3) is 0.200. The summed E-state index contributed by atoms with van der Waals surface area (Å²) in [7, 11) is 0. The second kappa shape index (κ2) is 7.43. The van der Waals surface area contributed by atoms with Gasteiger partial charge >= 0.3 is 5.69 Å². The summed E-state index contributed by atoms with van der Waals surface area (Å²) in [5.74, 6) is 0. The highest BCUT2D eigenvalue weighted by Crippen LogP contribution is 2.38. The zero-order chi connectivity index (χ0) is 20.7. The van der Waals surface area contributed by atoms with Crippen LogP contribution in [0.25, 0.3) is 27.8 Å². The van der Waals surface area contributed by atoms with E-state index in [4.69, 9.17) is 4.99 Å². The van der Waals surface area contributed by atoms with E-state index in [9.17, 15) is 4.79 Å². The molecule has 1 aliphatic rings. The van der Waals surface area contributed by atoms with Gasteiger partial charge < -0.3 is 4.98 Å². The molecule has 0 spiro atoms. The number of H-pyrrole nitrogens is 1. The van der Waals surface area contributed by atoms with Crippen molar-refractivity contribution in [3.8, 4) is 16.8 Å². The first-order valence-corrected chi connectivity index (χ1v) is 10.4. The van der Waals surface area contributed by atoms with Gasteiger partial charge in [0.25, 0.3) is 0 Å². The van der Waals surface area contributed by atoms with Gasteiger partial charge in [0.1, 0.15) is 0 Å². The molecule has 30 heavy (non-hydrogen) atoms. The van der Waals surface area contributed by atoms with Crippen molar-refractivity contribution in [1.82, 2.24) is 14.5 Å². The van der Waals surface area contributed by atoms with E-state index in [2.05, 4.69) is 54.1 Å². The molecule has 0 unspecified atom stereocenters. The van der Waals surface area contributed by atoms with E-state index in [0.717, 1.165) is 58.7 Å². The minimum Gasteiger partial charge on any atom is -0.305 e. The van der Waals surface area contributed by atoms with Crippen LogP contribution in [0.3, 0.4) is 0 Å². The maximum atomic E-state index is 12.8. The van der Waals surface area contributed by atoms with Crippen LogP contribution in [0.5, 0.6) is 0 Å². The molecule has 0 amide bonds. The lowest BCUT2D eigenvalue weighted by atomic mass is 10.0. The fourth-order valence-corrected chi connectivity index (χ4v) is 4.23. The largest absolute Gasteiger partial charge is 0.331 e. The Morgan fingerprint density at radius 3 is 2.50 bits per heavy atom. The zero-order valence-electron chi connectivity index (χ0n) is 17.2. The Balaban J connectivity index is 1.62. The van der Waals surface area contributed by atoms with Crippen LogP contribution < -0.4 is 5.69 Å². The first-order chi connectivity index (χ1) is 14.7. The quantitative estimate of drug-likeness (QED) is 0.460. The number of nitrogens with zero attached hydrogens (tertiary/aromatic N) is 3. The Morgan fingerprint density at radius 2 is 1.73 bits per heavy atom. The molecule has 0 atom stereocenters. The van der Waals surface area contributed by atoms with Crippen LogP contribution in [0.2, 0.25) is 0 Å². The third-order valence-corrected chi connectivity index (χ3v) is 5.89. The summed E-state index contributed by atoms with van der Waals surface area (Å²) in [6.07, 6.45) is 1.86. The van der Waals surface area contributed by atoms with Crippen molar-refractivity contribution >= 4 is 22.9 Å². The minimum atomic E-state index is -0.143. The average molecular weight is 396 g/mol. The number of hydrogen-bond acceptors (Lipinski definition) is 3. The van der Waals surface area contributed by atoms with Gasteiger partial charge in [0, 0.05) is 23.9 Å². The van der Waals surface area contributed by atoms with Crippen molar-refractivity contribution in [2.75, 3.05) is 13.1 Å². The molecule has 0 radical (unpaired) electrons. The minimum absolute atomic E-state index is 0.143. The monoisotopic (exact) mass is 396 g/mol. The smallest absolute Gasteiger partial charge is 0.305 e. The first kappa shape index (κ1) is 18.6. The molecule has 5 nitrogen and oxygen atoms in total. The molecular formula is C25H24N4O. The SMILES string of the molecule is CCN(CC)Cc1ccc(-c2cccc3c2N=Cc2cccc4[nH]c(=O)n-3c24)cc1. The fourth-order valence-electron chi connectivity index (χ4n) is 4.23. The lowest BCUT2D eigenvalue weighted by Crippen LogP contribution is -2.21. The summed E-state index contributed by atoms with van der Waals surface area (Å²) in [4.78, 5) is 22.9. The highest BCUT2D eigenvalue weighted by atomic mass is 16.1.